The van der Waals surface area contributed by atoms with Gasteiger partial charge in [-0.25, -0.2) is 4.79 Å². The number of hydrogen-bond acceptors (Lipinski definition) is 6. The molecule has 0 radical (unpaired) electrons. The van der Waals surface area contributed by atoms with E-state index in [0.29, 0.717) is 11.4 Å². The van der Waals surface area contributed by atoms with Gasteiger partial charge in [0.1, 0.15) is 11.4 Å². The number of carbonyl (C=O) groups is 1. The smallest absolute Gasteiger partial charge is 0.475 e. The monoisotopic (exact) mass is 413 g/mol. The molecule has 1 fully saturated rings. The molecule has 1 saturated heterocycles. The van der Waals surface area contributed by atoms with Crippen LogP contribution in [0.5, 0.6) is 0 Å². The Hall–Kier alpha value is -2.88. The summed E-state index contributed by atoms with van der Waals surface area (Å²) >= 11 is 0. The van der Waals surface area contributed by atoms with Crippen molar-refractivity contribution in [3.8, 4) is 0 Å². The van der Waals surface area contributed by atoms with Crippen molar-refractivity contribution in [3.63, 3.8) is 0 Å². The summed E-state index contributed by atoms with van der Waals surface area (Å²) in [6.07, 6.45) is -3.15. The number of carboxylic acid groups (broad SMARTS) is 1. The molecule has 1 aliphatic heterocycles. The number of anilines is 2. The minimum atomic E-state index is -5.08. The molecule has 0 unspecified atom stereocenters. The van der Waals surface area contributed by atoms with Crippen molar-refractivity contribution >= 4 is 17.3 Å². The lowest BCUT2D eigenvalue weighted by atomic mass is 10.0. The van der Waals surface area contributed by atoms with E-state index < -0.39 is 23.0 Å². The molecule has 1 heterocycles. The average molecular weight is 413 g/mol. The van der Waals surface area contributed by atoms with Crippen LogP contribution in [-0.4, -0.2) is 36.4 Å². The number of nitrogens with one attached hydrogen (secondary N) is 3. The van der Waals surface area contributed by atoms with E-state index in [2.05, 4.69) is 16.0 Å². The van der Waals surface area contributed by atoms with E-state index in [-0.39, 0.29) is 12.1 Å². The van der Waals surface area contributed by atoms with Crippen LogP contribution in [0.1, 0.15) is 31.4 Å². The lowest BCUT2D eigenvalue weighted by Gasteiger charge is -2.27. The van der Waals surface area contributed by atoms with Gasteiger partial charge < -0.3 is 21.1 Å². The van der Waals surface area contributed by atoms with E-state index >= 15 is 0 Å². The minimum absolute atomic E-state index is 0.0157. The summed E-state index contributed by atoms with van der Waals surface area (Å²) < 4.78 is 31.7. The largest absolute Gasteiger partial charge is 0.490 e. The molecule has 4 N–H and O–H groups in total. The second-order valence-electron chi connectivity index (χ2n) is 6.66. The fourth-order valence-electron chi connectivity index (χ4n) is 2.88. The highest BCUT2D eigenvalue weighted by atomic mass is 19.4. The van der Waals surface area contributed by atoms with Crippen molar-refractivity contribution in [2.45, 2.75) is 38.0 Å². The van der Waals surface area contributed by atoms with Crippen LogP contribution in [0.3, 0.4) is 0 Å². The molecule has 7 nitrogen and oxygen atoms in total. The Kier molecular flexibility index (Phi) is 7.38. The lowest BCUT2D eigenvalue weighted by Crippen LogP contribution is -2.42. The molecular weight excluding hydrogens is 391 g/mol. The van der Waals surface area contributed by atoms with Gasteiger partial charge in [-0.1, -0.05) is 30.3 Å². The Labute approximate surface area is 164 Å². The van der Waals surface area contributed by atoms with E-state index in [9.17, 15) is 22.8 Å². The van der Waals surface area contributed by atoms with Crippen LogP contribution in [0.2, 0.25) is 0 Å². The van der Waals surface area contributed by atoms with Crippen LogP contribution in [0.4, 0.5) is 24.5 Å². The third kappa shape index (κ3) is 6.05. The Morgan fingerprint density at radius 3 is 2.14 bits per heavy atom. The summed E-state index contributed by atoms with van der Waals surface area (Å²) in [6.45, 7) is 3.87. The van der Waals surface area contributed by atoms with Crippen molar-refractivity contribution in [2.75, 3.05) is 23.7 Å². The summed E-state index contributed by atoms with van der Waals surface area (Å²) in [7, 11) is 0. The zero-order valence-corrected chi connectivity index (χ0v) is 15.7. The molecule has 0 spiro atoms. The maximum atomic E-state index is 11.9. The molecule has 3 rings (SSSR count). The van der Waals surface area contributed by atoms with E-state index in [1.165, 1.54) is 0 Å². The quantitative estimate of drug-likeness (QED) is 0.557. The third-order valence-electron chi connectivity index (χ3n) is 4.50. The Morgan fingerprint density at radius 2 is 1.62 bits per heavy atom. The summed E-state index contributed by atoms with van der Waals surface area (Å²) in [6, 6.07) is 10.1. The van der Waals surface area contributed by atoms with Crippen molar-refractivity contribution < 1.29 is 23.1 Å². The predicted octanol–water partition coefficient (Wildman–Crippen LogP) is 2.25. The first-order valence-electron chi connectivity index (χ1n) is 9.03. The molecule has 158 valence electrons. The highest BCUT2D eigenvalue weighted by Gasteiger charge is 2.38. The molecule has 1 aliphatic rings. The van der Waals surface area contributed by atoms with Crippen molar-refractivity contribution in [3.05, 3.63) is 56.3 Å². The number of piperidine rings is 1. The predicted molar refractivity (Wildman–Crippen MR) is 103 cm³/mol. The fourth-order valence-corrected chi connectivity index (χ4v) is 2.88. The third-order valence-corrected chi connectivity index (χ3v) is 4.50. The number of benzene rings is 1. The van der Waals surface area contributed by atoms with Gasteiger partial charge >= 0.3 is 12.1 Å². The molecule has 0 aromatic heterocycles. The van der Waals surface area contributed by atoms with E-state index in [1.807, 2.05) is 37.3 Å². The van der Waals surface area contributed by atoms with Gasteiger partial charge in [-0.05, 0) is 38.4 Å². The van der Waals surface area contributed by atoms with E-state index in [0.717, 1.165) is 31.5 Å². The number of rotatable bonds is 5. The summed E-state index contributed by atoms with van der Waals surface area (Å²) in [4.78, 5) is 32.6. The summed E-state index contributed by atoms with van der Waals surface area (Å²) in [5, 5.41) is 16.8. The first-order chi connectivity index (χ1) is 13.6. The first kappa shape index (κ1) is 22.4. The number of aliphatic carboxylic acids is 1. The van der Waals surface area contributed by atoms with Gasteiger partial charge in [-0.3, -0.25) is 9.59 Å². The zero-order valence-electron chi connectivity index (χ0n) is 15.7. The van der Waals surface area contributed by atoms with Crippen LogP contribution in [0, 0.1) is 0 Å². The maximum Gasteiger partial charge on any atom is 0.490 e. The second-order valence-corrected chi connectivity index (χ2v) is 6.66. The molecule has 2 aromatic rings. The SMILES string of the molecule is C[C@@H](Nc1c(NC2CCNCC2)c(=O)c1=O)c1ccccc1.O=C(O)C(F)(F)F. The van der Waals surface area contributed by atoms with Crippen LogP contribution in [0.25, 0.3) is 0 Å². The van der Waals surface area contributed by atoms with E-state index in [1.54, 1.807) is 0 Å². The molecule has 0 amide bonds. The minimum Gasteiger partial charge on any atom is -0.475 e. The molecule has 10 heteroatoms. The van der Waals surface area contributed by atoms with Crippen LogP contribution < -0.4 is 26.8 Å². The molecule has 2 aromatic carbocycles. The summed E-state index contributed by atoms with van der Waals surface area (Å²) in [5.74, 6) is -2.76. The topological polar surface area (TPSA) is 108 Å². The van der Waals surface area contributed by atoms with Crippen LogP contribution in [-0.2, 0) is 4.79 Å². The van der Waals surface area contributed by atoms with Gasteiger partial charge in [0, 0.05) is 12.1 Å². The lowest BCUT2D eigenvalue weighted by molar-refractivity contribution is -0.192. The van der Waals surface area contributed by atoms with Crippen molar-refractivity contribution in [1.29, 1.82) is 0 Å². The van der Waals surface area contributed by atoms with Gasteiger partial charge in [-0.15, -0.1) is 0 Å². The van der Waals surface area contributed by atoms with Gasteiger partial charge in [0.25, 0.3) is 10.9 Å². The maximum absolute atomic E-state index is 11.9. The number of hydrogen-bond donors (Lipinski definition) is 4. The Bertz CT molecular complexity index is 886. The standard InChI is InChI=1S/C17H21N3O2.C2HF3O2/c1-11(12-5-3-2-4-6-12)19-14-15(17(22)16(14)21)20-13-7-9-18-10-8-13;3-2(4,5)1(6)7/h2-6,11,13,18-20H,7-10H2,1H3;(H,6,7)/t11-;/m1./s1. The summed E-state index contributed by atoms with van der Waals surface area (Å²) in [5.41, 5.74) is 1.16. The van der Waals surface area contributed by atoms with Gasteiger partial charge in [0.2, 0.25) is 0 Å². The zero-order chi connectivity index (χ0) is 21.6. The first-order valence-corrected chi connectivity index (χ1v) is 9.03. The van der Waals surface area contributed by atoms with Crippen LogP contribution >= 0.6 is 0 Å². The normalized spacial score (nSPS) is 15.9. The Balaban J connectivity index is 0.000000370. The Morgan fingerprint density at radius 1 is 1.10 bits per heavy atom. The van der Waals surface area contributed by atoms with Crippen molar-refractivity contribution in [1.82, 2.24) is 5.32 Å². The molecule has 0 aliphatic carbocycles. The van der Waals surface area contributed by atoms with Gasteiger partial charge in [0.15, 0.2) is 0 Å². The average Bonchev–Trinajstić information content (AvgIpc) is 2.71. The second kappa shape index (κ2) is 9.55. The highest BCUT2D eigenvalue weighted by Crippen LogP contribution is 2.23. The molecule has 1 atom stereocenters. The highest BCUT2D eigenvalue weighted by molar-refractivity contribution is 5.74. The van der Waals surface area contributed by atoms with Gasteiger partial charge in [0.05, 0.1) is 0 Å². The van der Waals surface area contributed by atoms with E-state index in [4.69, 9.17) is 9.90 Å². The molecule has 0 saturated carbocycles. The van der Waals surface area contributed by atoms with Gasteiger partial charge in [-0.2, -0.15) is 13.2 Å². The molecule has 0 bridgehead atoms. The van der Waals surface area contributed by atoms with Crippen molar-refractivity contribution in [2.24, 2.45) is 0 Å². The fraction of sp³-hybridized carbons (Fsp3) is 0.421. The van der Waals surface area contributed by atoms with Crippen LogP contribution in [0.15, 0.2) is 39.9 Å². The number of halogens is 3. The molecule has 29 heavy (non-hydrogen) atoms. The molecular formula is C19H22F3N3O4. The number of carboxylic acids is 1. The number of alkyl halides is 3.